The molecule has 116 valence electrons. The molecule has 2 saturated heterocycles. The largest absolute Gasteiger partial charge is 0.439 e. The van der Waals surface area contributed by atoms with E-state index in [1.165, 1.54) is 5.56 Å². The number of hydrogen-bond acceptors (Lipinski definition) is 3. The number of rotatable bonds is 2. The molecule has 1 aromatic rings. The van der Waals surface area contributed by atoms with Gasteiger partial charge in [-0.3, -0.25) is 4.79 Å². The Balaban J connectivity index is 1.40. The number of alkyl carbamates (subject to hydrolysis) is 1. The second kappa shape index (κ2) is 4.48. The molecule has 0 unspecified atom stereocenters. The monoisotopic (exact) mass is 300 g/mol. The highest BCUT2D eigenvalue weighted by molar-refractivity contribution is 5.85. The molecule has 1 spiro atoms. The Morgan fingerprint density at radius 2 is 2.05 bits per heavy atom. The Hall–Kier alpha value is -2.04. The Labute approximate surface area is 129 Å². The Kier molecular flexibility index (Phi) is 2.77. The number of hydrogen-bond donors (Lipinski definition) is 1. The van der Waals surface area contributed by atoms with Crippen LogP contribution >= 0.6 is 0 Å². The fourth-order valence-corrected chi connectivity index (χ4v) is 3.79. The normalized spacial score (nSPS) is 32.0. The van der Waals surface area contributed by atoms with Gasteiger partial charge in [0.2, 0.25) is 5.91 Å². The molecule has 22 heavy (non-hydrogen) atoms. The standard InChI is InChI=1S/C17H20N2O3/c1-16(12-5-3-2-4-6-12)9-13(16)14(20)19-10-17(11-19)7-8-18-15(21)22-17/h2-6,13H,7-11H2,1H3,(H,18,21)/t13-,16+/m0/s1. The quantitative estimate of drug-likeness (QED) is 0.904. The van der Waals surface area contributed by atoms with Crippen LogP contribution in [0.15, 0.2) is 30.3 Å². The van der Waals surface area contributed by atoms with Crippen LogP contribution in [0.2, 0.25) is 0 Å². The molecule has 2 amide bonds. The van der Waals surface area contributed by atoms with Crippen molar-refractivity contribution in [3.63, 3.8) is 0 Å². The van der Waals surface area contributed by atoms with E-state index in [1.54, 1.807) is 0 Å². The molecule has 5 heteroatoms. The second-order valence-corrected chi connectivity index (χ2v) is 6.98. The lowest BCUT2D eigenvalue weighted by molar-refractivity contribution is -0.161. The summed E-state index contributed by atoms with van der Waals surface area (Å²) in [5.41, 5.74) is 0.763. The van der Waals surface area contributed by atoms with Crippen LogP contribution in [0, 0.1) is 5.92 Å². The first-order valence-corrected chi connectivity index (χ1v) is 7.84. The fraction of sp³-hybridized carbons (Fsp3) is 0.529. The molecule has 2 aliphatic heterocycles. The van der Waals surface area contributed by atoms with Gasteiger partial charge in [-0.1, -0.05) is 37.3 Å². The van der Waals surface area contributed by atoms with Crippen LogP contribution < -0.4 is 5.32 Å². The lowest BCUT2D eigenvalue weighted by atomic mass is 9.87. The molecule has 1 aliphatic carbocycles. The van der Waals surface area contributed by atoms with E-state index in [0.717, 1.165) is 12.8 Å². The van der Waals surface area contributed by atoms with Gasteiger partial charge in [-0.15, -0.1) is 0 Å². The van der Waals surface area contributed by atoms with Crippen LogP contribution in [0.1, 0.15) is 25.3 Å². The lowest BCUT2D eigenvalue weighted by Gasteiger charge is -2.50. The predicted molar refractivity (Wildman–Crippen MR) is 80.3 cm³/mol. The van der Waals surface area contributed by atoms with Gasteiger partial charge in [0.05, 0.1) is 13.1 Å². The van der Waals surface area contributed by atoms with Crippen molar-refractivity contribution in [1.29, 1.82) is 0 Å². The molecular formula is C17H20N2O3. The molecule has 5 nitrogen and oxygen atoms in total. The second-order valence-electron chi connectivity index (χ2n) is 6.98. The van der Waals surface area contributed by atoms with Gasteiger partial charge in [-0.2, -0.15) is 0 Å². The third-order valence-corrected chi connectivity index (χ3v) is 5.40. The molecule has 3 aliphatic rings. The van der Waals surface area contributed by atoms with Crippen molar-refractivity contribution in [2.75, 3.05) is 19.6 Å². The minimum Gasteiger partial charge on any atom is -0.439 e. The Morgan fingerprint density at radius 3 is 2.73 bits per heavy atom. The van der Waals surface area contributed by atoms with Crippen molar-refractivity contribution >= 4 is 12.0 Å². The van der Waals surface area contributed by atoms with Crippen molar-refractivity contribution in [1.82, 2.24) is 10.2 Å². The maximum Gasteiger partial charge on any atom is 0.407 e. The summed E-state index contributed by atoms with van der Waals surface area (Å²) in [6, 6.07) is 10.2. The third-order valence-electron chi connectivity index (χ3n) is 5.40. The summed E-state index contributed by atoms with van der Waals surface area (Å²) in [5, 5.41) is 2.65. The Morgan fingerprint density at radius 1 is 1.32 bits per heavy atom. The summed E-state index contributed by atoms with van der Waals surface area (Å²) in [6.07, 6.45) is 1.32. The number of nitrogens with one attached hydrogen (secondary N) is 1. The summed E-state index contributed by atoms with van der Waals surface area (Å²) >= 11 is 0. The van der Waals surface area contributed by atoms with Crippen LogP contribution in [-0.2, 0) is 14.9 Å². The van der Waals surface area contributed by atoms with Gasteiger partial charge < -0.3 is 15.0 Å². The third kappa shape index (κ3) is 1.99. The lowest BCUT2D eigenvalue weighted by Crippen LogP contribution is -2.68. The van der Waals surface area contributed by atoms with Gasteiger partial charge in [0.1, 0.15) is 0 Å². The highest BCUT2D eigenvalue weighted by atomic mass is 16.6. The van der Waals surface area contributed by atoms with E-state index in [4.69, 9.17) is 4.74 Å². The van der Waals surface area contributed by atoms with Crippen molar-refractivity contribution in [3.8, 4) is 0 Å². The molecule has 0 bridgehead atoms. The van der Waals surface area contributed by atoms with E-state index >= 15 is 0 Å². The van der Waals surface area contributed by atoms with E-state index in [9.17, 15) is 9.59 Å². The number of amides is 2. The highest BCUT2D eigenvalue weighted by Gasteiger charge is 2.60. The summed E-state index contributed by atoms with van der Waals surface area (Å²) in [6.45, 7) is 3.87. The average Bonchev–Trinajstić information content (AvgIpc) is 3.18. The van der Waals surface area contributed by atoms with E-state index in [0.29, 0.717) is 19.6 Å². The maximum atomic E-state index is 12.7. The predicted octanol–water partition coefficient (Wildman–Crippen LogP) is 1.68. The van der Waals surface area contributed by atoms with E-state index in [-0.39, 0.29) is 23.3 Å². The van der Waals surface area contributed by atoms with Crippen molar-refractivity contribution in [2.24, 2.45) is 5.92 Å². The van der Waals surface area contributed by atoms with E-state index in [2.05, 4.69) is 24.4 Å². The summed E-state index contributed by atoms with van der Waals surface area (Å²) in [4.78, 5) is 25.8. The molecular weight excluding hydrogens is 280 g/mol. The van der Waals surface area contributed by atoms with Gasteiger partial charge in [0, 0.05) is 24.3 Å². The summed E-state index contributed by atoms with van der Waals surface area (Å²) < 4.78 is 5.38. The fourth-order valence-electron chi connectivity index (χ4n) is 3.79. The molecule has 0 radical (unpaired) electrons. The van der Waals surface area contributed by atoms with Crippen molar-refractivity contribution < 1.29 is 14.3 Å². The molecule has 1 aromatic carbocycles. The molecule has 0 aromatic heterocycles. The van der Waals surface area contributed by atoms with E-state index < -0.39 is 5.60 Å². The van der Waals surface area contributed by atoms with Crippen LogP contribution in [0.25, 0.3) is 0 Å². The number of ether oxygens (including phenoxy) is 1. The minimum atomic E-state index is -0.434. The van der Waals surface area contributed by atoms with Crippen molar-refractivity contribution in [3.05, 3.63) is 35.9 Å². The summed E-state index contributed by atoms with van der Waals surface area (Å²) in [7, 11) is 0. The number of nitrogens with zero attached hydrogens (tertiary/aromatic N) is 1. The van der Waals surface area contributed by atoms with Crippen molar-refractivity contribution in [2.45, 2.75) is 30.8 Å². The number of carbonyl (C=O) groups is 2. The number of likely N-dealkylation sites (tertiary alicyclic amines) is 1. The zero-order chi connectivity index (χ0) is 15.4. The minimum absolute atomic E-state index is 0.0358. The SMILES string of the molecule is C[C@]1(c2ccccc2)C[C@H]1C(=O)N1CC2(CCNC(=O)O2)C1. The zero-order valence-corrected chi connectivity index (χ0v) is 12.7. The maximum absolute atomic E-state index is 12.7. The molecule has 1 saturated carbocycles. The molecule has 4 rings (SSSR count). The van der Waals surface area contributed by atoms with Gasteiger partial charge in [0.15, 0.2) is 5.60 Å². The van der Waals surface area contributed by atoms with E-state index in [1.807, 2.05) is 23.1 Å². The highest BCUT2D eigenvalue weighted by Crippen LogP contribution is 2.55. The first-order valence-electron chi connectivity index (χ1n) is 7.84. The molecule has 1 N–H and O–H groups in total. The van der Waals surface area contributed by atoms with Crippen LogP contribution in [0.5, 0.6) is 0 Å². The van der Waals surface area contributed by atoms with Gasteiger partial charge in [-0.25, -0.2) is 4.79 Å². The average molecular weight is 300 g/mol. The van der Waals surface area contributed by atoms with Gasteiger partial charge in [-0.05, 0) is 12.0 Å². The first kappa shape index (κ1) is 13.6. The zero-order valence-electron chi connectivity index (χ0n) is 12.7. The summed E-state index contributed by atoms with van der Waals surface area (Å²) in [5.74, 6) is 0.260. The molecule has 2 atom stereocenters. The molecule has 2 heterocycles. The van der Waals surface area contributed by atoms with Gasteiger partial charge >= 0.3 is 6.09 Å². The first-order chi connectivity index (χ1) is 10.5. The molecule has 3 fully saturated rings. The van der Waals surface area contributed by atoms with Crippen LogP contribution in [0.4, 0.5) is 4.79 Å². The number of carbonyl (C=O) groups excluding carboxylic acids is 2. The smallest absolute Gasteiger partial charge is 0.407 e. The Bertz CT molecular complexity index is 624. The van der Waals surface area contributed by atoms with Crippen LogP contribution in [0.3, 0.4) is 0 Å². The number of benzene rings is 1. The van der Waals surface area contributed by atoms with Crippen LogP contribution in [-0.4, -0.2) is 42.1 Å². The topological polar surface area (TPSA) is 58.6 Å². The van der Waals surface area contributed by atoms with Gasteiger partial charge in [0.25, 0.3) is 0 Å².